The third-order valence-electron chi connectivity index (χ3n) is 7.93. The molecule has 3 fully saturated rings. The van der Waals surface area contributed by atoms with E-state index in [0.717, 1.165) is 25.6 Å². The molecule has 35 heavy (non-hydrogen) atoms. The number of carbonyl (C=O) groups excluding carboxylic acids is 1. The topological polar surface area (TPSA) is 66.4 Å². The van der Waals surface area contributed by atoms with Gasteiger partial charge in [0.1, 0.15) is 5.82 Å². The van der Waals surface area contributed by atoms with E-state index in [1.165, 1.54) is 18.2 Å². The van der Waals surface area contributed by atoms with E-state index in [1.807, 2.05) is 0 Å². The van der Waals surface area contributed by atoms with Gasteiger partial charge < -0.3 is 20.1 Å². The molecule has 2 heterocycles. The fourth-order valence-electron chi connectivity index (χ4n) is 5.56. The number of nitrogens with one attached hydrogen (secondary N) is 2. The van der Waals surface area contributed by atoms with Crippen molar-refractivity contribution in [1.82, 2.24) is 14.8 Å². The number of benzene rings is 1. The number of anilines is 1. The number of halogens is 3. The second-order valence-corrected chi connectivity index (χ2v) is 11.0. The average molecular weight is 489 g/mol. The second kappa shape index (κ2) is 8.40. The smallest absolute Gasteiger partial charge is 0.266 e. The Balaban J connectivity index is 1.43. The van der Waals surface area contributed by atoms with Crippen molar-refractivity contribution < 1.29 is 18.0 Å². The van der Waals surface area contributed by atoms with E-state index in [4.69, 9.17) is 0 Å². The predicted molar refractivity (Wildman–Crippen MR) is 127 cm³/mol. The zero-order valence-corrected chi connectivity index (χ0v) is 20.3. The Hall–Kier alpha value is -2.81. The Kier molecular flexibility index (Phi) is 5.74. The number of fused-ring (bicyclic) bond motifs is 1. The molecular weight excluding hydrogens is 457 g/mol. The molecule has 2 saturated carbocycles. The fraction of sp³-hybridized carbons (Fsp3) is 0.538. The van der Waals surface area contributed by atoms with Gasteiger partial charge in [0, 0.05) is 43.0 Å². The molecule has 1 aromatic heterocycles. The summed E-state index contributed by atoms with van der Waals surface area (Å²) in [6, 6.07) is 4.61. The van der Waals surface area contributed by atoms with Crippen molar-refractivity contribution >= 4 is 11.6 Å². The van der Waals surface area contributed by atoms with Crippen molar-refractivity contribution in [3.8, 4) is 0 Å². The lowest BCUT2D eigenvalue weighted by Gasteiger charge is -2.20. The molecule has 2 aliphatic carbocycles. The van der Waals surface area contributed by atoms with Crippen LogP contribution in [0, 0.1) is 23.1 Å². The first kappa shape index (κ1) is 23.9. The largest absolute Gasteiger partial charge is 0.381 e. The van der Waals surface area contributed by atoms with Crippen LogP contribution >= 0.6 is 0 Å². The molecule has 2 N–H and O–H groups in total. The molecule has 1 aromatic carbocycles. The minimum absolute atomic E-state index is 0.00199. The number of pyridine rings is 1. The number of carbonyl (C=O) groups is 1. The number of rotatable bonds is 7. The molecule has 0 unspecified atom stereocenters. The van der Waals surface area contributed by atoms with Crippen LogP contribution in [0.5, 0.6) is 0 Å². The van der Waals surface area contributed by atoms with Gasteiger partial charge in [-0.05, 0) is 37.6 Å². The van der Waals surface area contributed by atoms with Gasteiger partial charge in [-0.1, -0.05) is 32.0 Å². The molecule has 1 saturated heterocycles. The van der Waals surface area contributed by atoms with E-state index in [1.54, 1.807) is 17.7 Å². The fourth-order valence-corrected chi connectivity index (χ4v) is 5.56. The Morgan fingerprint density at radius 1 is 1.17 bits per heavy atom. The monoisotopic (exact) mass is 488 g/mol. The summed E-state index contributed by atoms with van der Waals surface area (Å²) >= 11 is 0. The van der Waals surface area contributed by atoms with Gasteiger partial charge in [0.15, 0.2) is 0 Å². The first-order valence-electron chi connectivity index (χ1n) is 12.1. The van der Waals surface area contributed by atoms with E-state index in [-0.39, 0.29) is 28.6 Å². The molecule has 9 heteroatoms. The lowest BCUT2D eigenvalue weighted by atomic mass is 10.0. The van der Waals surface area contributed by atoms with Gasteiger partial charge in [0.2, 0.25) is 0 Å². The zero-order chi connectivity index (χ0) is 25.2. The maximum atomic E-state index is 14.7. The van der Waals surface area contributed by atoms with Crippen molar-refractivity contribution in [3.63, 3.8) is 0 Å². The van der Waals surface area contributed by atoms with Crippen LogP contribution in [0.15, 0.2) is 35.3 Å². The normalized spacial score (nSPS) is 27.4. The van der Waals surface area contributed by atoms with Crippen molar-refractivity contribution in [3.05, 3.63) is 63.3 Å². The SMILES string of the molecule is C[C@@H](NC(=O)c1cn([C@H]2CC2(C)C)c(=O)cc1N[C@@H]1[C@@H]2CN(C)C[C@@H]21)c1cccc(C(F)F)c1F. The highest BCUT2D eigenvalue weighted by Crippen LogP contribution is 2.55. The summed E-state index contributed by atoms with van der Waals surface area (Å²) in [7, 11) is 2.07. The van der Waals surface area contributed by atoms with Crippen LogP contribution in [0.25, 0.3) is 0 Å². The van der Waals surface area contributed by atoms with Crippen LogP contribution in [0.1, 0.15) is 67.2 Å². The second-order valence-electron chi connectivity index (χ2n) is 11.0. The molecule has 0 spiro atoms. The number of hydrogen-bond donors (Lipinski definition) is 2. The standard InChI is InChI=1S/C26H31F3N4O2/c1-13(14-6-5-7-15(22(14)27)24(28)29)30-25(35)18-12-33(20-9-26(20,2)3)21(34)8-19(18)31-23-16-10-32(4)11-17(16)23/h5-8,12-13,16-17,20,23-24,31H,9-11H2,1-4H3,(H,30,35)/t13-,16-,17+,20+,23-/m1/s1. The summed E-state index contributed by atoms with van der Waals surface area (Å²) in [5.41, 5.74) is -0.160. The van der Waals surface area contributed by atoms with Crippen molar-refractivity contribution in [2.24, 2.45) is 17.3 Å². The Labute approximate surface area is 202 Å². The van der Waals surface area contributed by atoms with E-state index in [0.29, 0.717) is 23.1 Å². The van der Waals surface area contributed by atoms with Gasteiger partial charge in [-0.25, -0.2) is 13.2 Å². The van der Waals surface area contributed by atoms with Gasteiger partial charge in [-0.15, -0.1) is 0 Å². The molecule has 3 aliphatic rings. The first-order valence-corrected chi connectivity index (χ1v) is 12.1. The van der Waals surface area contributed by atoms with Gasteiger partial charge in [-0.3, -0.25) is 9.59 Å². The quantitative estimate of drug-likeness (QED) is 0.608. The molecule has 5 rings (SSSR count). The average Bonchev–Trinajstić information content (AvgIpc) is 3.54. The van der Waals surface area contributed by atoms with Crippen LogP contribution in [0.2, 0.25) is 0 Å². The summed E-state index contributed by atoms with van der Waals surface area (Å²) in [5, 5.41) is 6.16. The van der Waals surface area contributed by atoms with Crippen LogP contribution in [0.3, 0.4) is 0 Å². The third-order valence-corrected chi connectivity index (χ3v) is 7.93. The van der Waals surface area contributed by atoms with Crippen LogP contribution in [-0.2, 0) is 0 Å². The number of amides is 1. The Bertz CT molecular complexity index is 1220. The van der Waals surface area contributed by atoms with Gasteiger partial charge in [-0.2, -0.15) is 0 Å². The van der Waals surface area contributed by atoms with Crippen molar-refractivity contribution in [2.75, 3.05) is 25.5 Å². The first-order chi connectivity index (χ1) is 16.5. The Morgan fingerprint density at radius 3 is 2.40 bits per heavy atom. The molecule has 0 radical (unpaired) electrons. The number of likely N-dealkylation sites (tertiary alicyclic amines) is 1. The number of alkyl halides is 2. The van der Waals surface area contributed by atoms with Gasteiger partial charge in [0.05, 0.1) is 22.9 Å². The van der Waals surface area contributed by atoms with E-state index in [2.05, 4.69) is 36.4 Å². The lowest BCUT2D eigenvalue weighted by molar-refractivity contribution is 0.0939. The van der Waals surface area contributed by atoms with Gasteiger partial charge in [0.25, 0.3) is 17.9 Å². The minimum atomic E-state index is -2.95. The summed E-state index contributed by atoms with van der Waals surface area (Å²) in [6.45, 7) is 7.62. The van der Waals surface area contributed by atoms with Crippen LogP contribution in [0.4, 0.5) is 18.9 Å². The summed E-state index contributed by atoms with van der Waals surface area (Å²) < 4.78 is 42.6. The van der Waals surface area contributed by atoms with Crippen molar-refractivity contribution in [1.29, 1.82) is 0 Å². The maximum absolute atomic E-state index is 14.7. The molecule has 6 nitrogen and oxygen atoms in total. The number of nitrogens with zero attached hydrogens (tertiary/aromatic N) is 2. The van der Waals surface area contributed by atoms with E-state index < -0.39 is 29.8 Å². The highest BCUT2D eigenvalue weighted by Gasteiger charge is 2.55. The van der Waals surface area contributed by atoms with Crippen LogP contribution < -0.4 is 16.2 Å². The number of aromatic nitrogens is 1. The van der Waals surface area contributed by atoms with E-state index in [9.17, 15) is 22.8 Å². The zero-order valence-electron chi connectivity index (χ0n) is 20.3. The molecule has 2 aromatic rings. The van der Waals surface area contributed by atoms with Gasteiger partial charge >= 0.3 is 0 Å². The summed E-state index contributed by atoms with van der Waals surface area (Å²) in [6.07, 6.45) is -0.527. The Morgan fingerprint density at radius 2 is 1.80 bits per heavy atom. The highest BCUT2D eigenvalue weighted by molar-refractivity contribution is 5.99. The van der Waals surface area contributed by atoms with Crippen LogP contribution in [-0.4, -0.2) is 41.6 Å². The minimum Gasteiger partial charge on any atom is -0.381 e. The van der Waals surface area contributed by atoms with E-state index >= 15 is 0 Å². The molecule has 1 amide bonds. The molecule has 5 atom stereocenters. The molecular formula is C26H31F3N4O2. The van der Waals surface area contributed by atoms with Crippen molar-refractivity contribution in [2.45, 2.75) is 51.7 Å². The number of piperidine rings is 1. The maximum Gasteiger partial charge on any atom is 0.266 e. The number of hydrogen-bond acceptors (Lipinski definition) is 4. The summed E-state index contributed by atoms with van der Waals surface area (Å²) in [4.78, 5) is 28.6. The molecule has 188 valence electrons. The lowest BCUT2D eigenvalue weighted by Crippen LogP contribution is -2.32. The third kappa shape index (κ3) is 4.35. The molecule has 1 aliphatic heterocycles. The predicted octanol–water partition coefficient (Wildman–Crippen LogP) is 4.36. The summed E-state index contributed by atoms with van der Waals surface area (Å²) in [5.74, 6) is -0.554. The molecule has 0 bridgehead atoms. The highest BCUT2D eigenvalue weighted by atomic mass is 19.3.